The zero-order valence-electron chi connectivity index (χ0n) is 16.9. The molecule has 0 aromatic heterocycles. The number of aliphatic hydroxyl groups is 1. The second-order valence-electron chi connectivity index (χ2n) is 7.57. The van der Waals surface area contributed by atoms with Crippen LogP contribution in [0.1, 0.15) is 84.1 Å². The first kappa shape index (κ1) is 21.7. The van der Waals surface area contributed by atoms with Crippen molar-refractivity contribution < 1.29 is 24.3 Å². The van der Waals surface area contributed by atoms with Crippen molar-refractivity contribution in [3.8, 4) is 11.8 Å². The van der Waals surface area contributed by atoms with E-state index in [2.05, 4.69) is 17.2 Å². The van der Waals surface area contributed by atoms with Gasteiger partial charge in [0.05, 0.1) is 11.1 Å². The van der Waals surface area contributed by atoms with Crippen molar-refractivity contribution in [3.63, 3.8) is 0 Å². The highest BCUT2D eigenvalue weighted by molar-refractivity contribution is 6.24. The Labute approximate surface area is 175 Å². The third-order valence-corrected chi connectivity index (χ3v) is 5.40. The largest absolute Gasteiger partial charge is 0.396 e. The first-order chi connectivity index (χ1) is 14.5. The normalized spacial score (nSPS) is 18.2. The Balaban J connectivity index is 1.64. The number of fused-ring (bicyclic) bond motifs is 1. The van der Waals surface area contributed by atoms with Gasteiger partial charge in [-0.2, -0.15) is 0 Å². The van der Waals surface area contributed by atoms with E-state index in [1.165, 1.54) is 0 Å². The Kier molecular flexibility index (Phi) is 7.36. The predicted molar refractivity (Wildman–Crippen MR) is 109 cm³/mol. The van der Waals surface area contributed by atoms with Gasteiger partial charge in [-0.3, -0.25) is 29.4 Å². The fraction of sp³-hybridized carbons (Fsp3) is 0.478. The van der Waals surface area contributed by atoms with Crippen LogP contribution in [-0.4, -0.2) is 46.3 Å². The Morgan fingerprint density at radius 1 is 1.00 bits per heavy atom. The van der Waals surface area contributed by atoms with Gasteiger partial charge in [0.25, 0.3) is 11.8 Å². The quantitative estimate of drug-likeness (QED) is 0.388. The summed E-state index contributed by atoms with van der Waals surface area (Å²) in [5.41, 5.74) is 0.979. The van der Waals surface area contributed by atoms with Crippen molar-refractivity contribution in [1.29, 1.82) is 0 Å². The zero-order chi connectivity index (χ0) is 21.5. The molecule has 30 heavy (non-hydrogen) atoms. The molecule has 2 heterocycles. The summed E-state index contributed by atoms with van der Waals surface area (Å²) in [5.74, 6) is 4.03. The SMILES string of the molecule is O=C1CCC(N2C(=O)c3cccc(C#CCCCCCCCCO)c3C2=O)C(=O)N1. The van der Waals surface area contributed by atoms with Crippen LogP contribution in [0, 0.1) is 11.8 Å². The lowest BCUT2D eigenvalue weighted by molar-refractivity contribution is -0.136. The van der Waals surface area contributed by atoms with Crippen LogP contribution in [0.25, 0.3) is 0 Å². The summed E-state index contributed by atoms with van der Waals surface area (Å²) >= 11 is 0. The van der Waals surface area contributed by atoms with Gasteiger partial charge in [-0.05, 0) is 31.4 Å². The summed E-state index contributed by atoms with van der Waals surface area (Å²) in [4.78, 5) is 50.3. The molecule has 1 fully saturated rings. The predicted octanol–water partition coefficient (Wildman–Crippen LogP) is 2.16. The highest BCUT2D eigenvalue weighted by Gasteiger charge is 2.45. The molecule has 1 unspecified atom stereocenters. The number of rotatable bonds is 8. The number of hydrogen-bond donors (Lipinski definition) is 2. The van der Waals surface area contributed by atoms with Crippen molar-refractivity contribution in [2.75, 3.05) is 6.61 Å². The van der Waals surface area contributed by atoms with Gasteiger partial charge in [-0.15, -0.1) is 0 Å². The second-order valence-corrected chi connectivity index (χ2v) is 7.57. The number of piperidine rings is 1. The monoisotopic (exact) mass is 410 g/mol. The fourth-order valence-electron chi connectivity index (χ4n) is 3.81. The van der Waals surface area contributed by atoms with Gasteiger partial charge >= 0.3 is 0 Å². The topological polar surface area (TPSA) is 104 Å². The standard InChI is InChI=1S/C23H26N2O5/c26-15-8-6-4-2-1-3-5-7-10-16-11-9-12-17-20(16)23(30)25(22(17)29)18-13-14-19(27)24-21(18)28/h9,11-12,18,26H,1-6,8,13-15H2,(H,24,27,28). The minimum atomic E-state index is -0.971. The molecule has 3 rings (SSSR count). The molecule has 1 saturated heterocycles. The van der Waals surface area contributed by atoms with Crippen molar-refractivity contribution in [2.45, 2.75) is 63.8 Å². The lowest BCUT2D eigenvalue weighted by atomic mass is 10.0. The Morgan fingerprint density at radius 2 is 1.73 bits per heavy atom. The Hall–Kier alpha value is -2.98. The molecule has 0 bridgehead atoms. The van der Waals surface area contributed by atoms with E-state index < -0.39 is 29.7 Å². The number of carbonyl (C=O) groups is 4. The lowest BCUT2D eigenvalue weighted by Crippen LogP contribution is -2.54. The summed E-state index contributed by atoms with van der Waals surface area (Å²) in [6, 6.07) is 3.99. The van der Waals surface area contributed by atoms with Gasteiger partial charge < -0.3 is 5.11 Å². The summed E-state index contributed by atoms with van der Waals surface area (Å²) in [7, 11) is 0. The van der Waals surface area contributed by atoms with Gasteiger partial charge in [-0.1, -0.05) is 43.6 Å². The number of benzene rings is 1. The van der Waals surface area contributed by atoms with Crippen molar-refractivity contribution in [3.05, 3.63) is 34.9 Å². The number of hydrogen-bond acceptors (Lipinski definition) is 5. The maximum atomic E-state index is 13.0. The van der Waals surface area contributed by atoms with Crippen molar-refractivity contribution in [2.24, 2.45) is 0 Å². The van der Waals surface area contributed by atoms with E-state index in [1.807, 2.05) is 0 Å². The molecule has 4 amide bonds. The van der Waals surface area contributed by atoms with E-state index in [9.17, 15) is 19.2 Å². The molecule has 0 aliphatic carbocycles. The van der Waals surface area contributed by atoms with Gasteiger partial charge in [-0.25, -0.2) is 0 Å². The molecule has 2 N–H and O–H groups in total. The number of carbonyl (C=O) groups excluding carboxylic acids is 4. The van der Waals surface area contributed by atoms with Crippen LogP contribution in [0.2, 0.25) is 0 Å². The minimum absolute atomic E-state index is 0.0937. The average Bonchev–Trinajstić information content (AvgIpc) is 2.98. The lowest BCUT2D eigenvalue weighted by Gasteiger charge is -2.27. The van der Waals surface area contributed by atoms with Crippen LogP contribution in [0.4, 0.5) is 0 Å². The second kappa shape index (κ2) is 10.2. The number of nitrogens with zero attached hydrogens (tertiary/aromatic N) is 1. The molecular weight excluding hydrogens is 384 g/mol. The Morgan fingerprint density at radius 3 is 2.47 bits per heavy atom. The van der Waals surface area contributed by atoms with Gasteiger partial charge in [0.1, 0.15) is 6.04 Å². The highest BCUT2D eigenvalue weighted by Crippen LogP contribution is 2.29. The number of nitrogens with one attached hydrogen (secondary N) is 1. The molecule has 158 valence electrons. The number of imide groups is 2. The number of amides is 4. The average molecular weight is 410 g/mol. The van der Waals surface area contributed by atoms with E-state index in [4.69, 9.17) is 5.11 Å². The highest BCUT2D eigenvalue weighted by atomic mass is 16.3. The minimum Gasteiger partial charge on any atom is -0.396 e. The van der Waals surface area contributed by atoms with Crippen LogP contribution < -0.4 is 5.32 Å². The Bertz CT molecular complexity index is 912. The summed E-state index contributed by atoms with van der Waals surface area (Å²) < 4.78 is 0. The van der Waals surface area contributed by atoms with E-state index in [1.54, 1.807) is 18.2 Å². The first-order valence-corrected chi connectivity index (χ1v) is 10.5. The molecule has 1 aromatic carbocycles. The summed E-state index contributed by atoms with van der Waals surface area (Å²) in [6.07, 6.45) is 7.04. The first-order valence-electron chi connectivity index (χ1n) is 10.5. The third-order valence-electron chi connectivity index (χ3n) is 5.40. The number of unbranched alkanes of at least 4 members (excludes halogenated alkanes) is 6. The molecule has 1 aromatic rings. The van der Waals surface area contributed by atoms with Crippen LogP contribution in [-0.2, 0) is 9.59 Å². The molecule has 0 spiro atoms. The molecule has 2 aliphatic heterocycles. The molecule has 7 heteroatoms. The van der Waals surface area contributed by atoms with Crippen LogP contribution in [0.15, 0.2) is 18.2 Å². The summed E-state index contributed by atoms with van der Waals surface area (Å²) in [5, 5.41) is 11.0. The van der Waals surface area contributed by atoms with Crippen molar-refractivity contribution >= 4 is 23.6 Å². The molecular formula is C23H26N2O5. The zero-order valence-corrected chi connectivity index (χ0v) is 16.9. The van der Waals surface area contributed by atoms with E-state index in [0.717, 1.165) is 43.4 Å². The van der Waals surface area contributed by atoms with Gasteiger partial charge in [0.2, 0.25) is 11.8 Å². The van der Waals surface area contributed by atoms with E-state index in [0.29, 0.717) is 12.0 Å². The van der Waals surface area contributed by atoms with Gasteiger partial charge in [0, 0.05) is 25.0 Å². The maximum absolute atomic E-state index is 13.0. The van der Waals surface area contributed by atoms with E-state index in [-0.39, 0.29) is 30.6 Å². The van der Waals surface area contributed by atoms with E-state index >= 15 is 0 Å². The molecule has 0 radical (unpaired) electrons. The van der Waals surface area contributed by atoms with Crippen molar-refractivity contribution in [1.82, 2.24) is 10.2 Å². The molecule has 1 atom stereocenters. The smallest absolute Gasteiger partial charge is 0.263 e. The van der Waals surface area contributed by atoms with Crippen LogP contribution in [0.3, 0.4) is 0 Å². The number of aliphatic hydroxyl groups excluding tert-OH is 1. The van der Waals surface area contributed by atoms with Crippen LogP contribution in [0.5, 0.6) is 0 Å². The molecule has 0 saturated carbocycles. The van der Waals surface area contributed by atoms with Crippen LogP contribution >= 0.6 is 0 Å². The maximum Gasteiger partial charge on any atom is 0.263 e. The van der Waals surface area contributed by atoms with Gasteiger partial charge in [0.15, 0.2) is 0 Å². The molecule has 7 nitrogen and oxygen atoms in total. The molecule has 2 aliphatic rings. The third kappa shape index (κ3) is 4.77. The fourth-order valence-corrected chi connectivity index (χ4v) is 3.81. The summed E-state index contributed by atoms with van der Waals surface area (Å²) in [6.45, 7) is 0.245.